The van der Waals surface area contributed by atoms with Crippen LogP contribution in [0.25, 0.3) is 0 Å². The van der Waals surface area contributed by atoms with Gasteiger partial charge in [-0.25, -0.2) is 0 Å². The van der Waals surface area contributed by atoms with Gasteiger partial charge in [0.2, 0.25) is 0 Å². The van der Waals surface area contributed by atoms with Gasteiger partial charge in [0, 0.05) is 19.3 Å². The zero-order chi connectivity index (χ0) is 12.8. The van der Waals surface area contributed by atoms with E-state index in [1.165, 1.54) is 12.8 Å². The van der Waals surface area contributed by atoms with Crippen molar-refractivity contribution in [3.05, 3.63) is 24.0 Å². The third kappa shape index (κ3) is 4.63. The number of aromatic nitrogens is 1. The highest BCUT2D eigenvalue weighted by molar-refractivity contribution is 5.92. The van der Waals surface area contributed by atoms with Gasteiger partial charge in [-0.3, -0.25) is 4.79 Å². The molecule has 0 saturated heterocycles. The van der Waals surface area contributed by atoms with Crippen molar-refractivity contribution >= 4 is 5.91 Å². The summed E-state index contributed by atoms with van der Waals surface area (Å²) in [5.41, 5.74) is 0.723. The number of amides is 1. The molecule has 1 amide bonds. The Bertz CT molecular complexity index is 355. The summed E-state index contributed by atoms with van der Waals surface area (Å²) in [7, 11) is 1.89. The van der Waals surface area contributed by atoms with E-state index in [-0.39, 0.29) is 11.9 Å². The van der Waals surface area contributed by atoms with Gasteiger partial charge in [-0.05, 0) is 31.4 Å². The van der Waals surface area contributed by atoms with E-state index in [9.17, 15) is 4.79 Å². The summed E-state index contributed by atoms with van der Waals surface area (Å²) in [6.45, 7) is 6.53. The molecular weight excluding hydrogens is 212 g/mol. The molecule has 0 fully saturated rings. The van der Waals surface area contributed by atoms with Crippen LogP contribution in [-0.4, -0.2) is 16.5 Å². The van der Waals surface area contributed by atoms with Crippen LogP contribution in [0.15, 0.2) is 18.3 Å². The maximum absolute atomic E-state index is 11.9. The van der Waals surface area contributed by atoms with E-state index in [0.29, 0.717) is 0 Å². The van der Waals surface area contributed by atoms with Gasteiger partial charge in [0.05, 0.1) is 0 Å². The third-order valence-electron chi connectivity index (χ3n) is 2.97. The maximum atomic E-state index is 11.9. The quantitative estimate of drug-likeness (QED) is 0.809. The molecule has 0 saturated carbocycles. The Morgan fingerprint density at radius 3 is 2.59 bits per heavy atom. The molecule has 0 spiro atoms. The Morgan fingerprint density at radius 2 is 2.06 bits per heavy atom. The van der Waals surface area contributed by atoms with Crippen molar-refractivity contribution in [2.24, 2.45) is 13.0 Å². The van der Waals surface area contributed by atoms with Crippen LogP contribution in [0.3, 0.4) is 0 Å². The minimum absolute atomic E-state index is 0.0227. The summed E-state index contributed by atoms with van der Waals surface area (Å²) >= 11 is 0. The van der Waals surface area contributed by atoms with Crippen molar-refractivity contribution < 1.29 is 4.79 Å². The van der Waals surface area contributed by atoms with E-state index in [1.54, 1.807) is 0 Å². The molecule has 0 aliphatic rings. The fraction of sp³-hybridized carbons (Fsp3) is 0.643. The lowest BCUT2D eigenvalue weighted by Gasteiger charge is -2.14. The number of hydrogen-bond acceptors (Lipinski definition) is 1. The predicted molar refractivity (Wildman–Crippen MR) is 71.0 cm³/mol. The first-order valence-electron chi connectivity index (χ1n) is 6.43. The Morgan fingerprint density at radius 1 is 1.35 bits per heavy atom. The number of nitrogens with zero attached hydrogens (tertiary/aromatic N) is 1. The Labute approximate surface area is 104 Å². The monoisotopic (exact) mass is 236 g/mol. The number of nitrogens with one attached hydrogen (secondary N) is 1. The molecule has 1 aromatic rings. The average molecular weight is 236 g/mol. The van der Waals surface area contributed by atoms with Crippen LogP contribution in [0.4, 0.5) is 0 Å². The molecule has 1 aromatic heterocycles. The third-order valence-corrected chi connectivity index (χ3v) is 2.97. The first-order chi connectivity index (χ1) is 8.00. The summed E-state index contributed by atoms with van der Waals surface area (Å²) in [5.74, 6) is 0.764. The van der Waals surface area contributed by atoms with E-state index >= 15 is 0 Å². The number of hydrogen-bond donors (Lipinski definition) is 1. The SMILES string of the molecule is CC(C)CCCC(C)NC(=O)c1cccn1C. The van der Waals surface area contributed by atoms with Gasteiger partial charge in [-0.1, -0.05) is 26.7 Å². The molecule has 0 aliphatic heterocycles. The fourth-order valence-electron chi connectivity index (χ4n) is 1.90. The van der Waals surface area contributed by atoms with Crippen LogP contribution in [0, 0.1) is 5.92 Å². The van der Waals surface area contributed by atoms with Crippen molar-refractivity contribution in [1.29, 1.82) is 0 Å². The molecule has 17 heavy (non-hydrogen) atoms. The van der Waals surface area contributed by atoms with E-state index < -0.39 is 0 Å². The first-order valence-corrected chi connectivity index (χ1v) is 6.43. The van der Waals surface area contributed by atoms with Gasteiger partial charge in [0.1, 0.15) is 5.69 Å². The van der Waals surface area contributed by atoms with Gasteiger partial charge in [0.25, 0.3) is 5.91 Å². The lowest BCUT2D eigenvalue weighted by Crippen LogP contribution is -2.33. The van der Waals surface area contributed by atoms with Crippen LogP contribution in [-0.2, 0) is 7.05 Å². The maximum Gasteiger partial charge on any atom is 0.268 e. The number of rotatable bonds is 6. The number of aryl methyl sites for hydroxylation is 1. The molecule has 1 rings (SSSR count). The zero-order valence-electron chi connectivity index (χ0n) is 11.4. The van der Waals surface area contributed by atoms with Crippen molar-refractivity contribution in [3.8, 4) is 0 Å². The molecule has 0 radical (unpaired) electrons. The predicted octanol–water partition coefficient (Wildman–Crippen LogP) is 2.97. The molecule has 0 bridgehead atoms. The lowest BCUT2D eigenvalue weighted by atomic mass is 10.0. The lowest BCUT2D eigenvalue weighted by molar-refractivity contribution is 0.0929. The largest absolute Gasteiger partial charge is 0.348 e. The molecule has 0 aliphatic carbocycles. The Hall–Kier alpha value is -1.25. The second-order valence-electron chi connectivity index (χ2n) is 5.20. The minimum Gasteiger partial charge on any atom is -0.348 e. The summed E-state index contributed by atoms with van der Waals surface area (Å²) in [6, 6.07) is 3.98. The van der Waals surface area contributed by atoms with Crippen LogP contribution in [0.2, 0.25) is 0 Å². The van der Waals surface area contributed by atoms with Crippen LogP contribution in [0.5, 0.6) is 0 Å². The van der Waals surface area contributed by atoms with E-state index in [0.717, 1.165) is 18.0 Å². The fourth-order valence-corrected chi connectivity index (χ4v) is 1.90. The molecule has 3 nitrogen and oxygen atoms in total. The minimum atomic E-state index is 0.0227. The van der Waals surface area contributed by atoms with E-state index in [2.05, 4.69) is 26.1 Å². The summed E-state index contributed by atoms with van der Waals surface area (Å²) < 4.78 is 1.84. The zero-order valence-corrected chi connectivity index (χ0v) is 11.4. The Balaban J connectivity index is 2.34. The molecule has 3 heteroatoms. The Kier molecular flexibility index (Phi) is 5.26. The highest BCUT2D eigenvalue weighted by Crippen LogP contribution is 2.09. The van der Waals surface area contributed by atoms with E-state index in [4.69, 9.17) is 0 Å². The molecule has 0 aromatic carbocycles. The van der Waals surface area contributed by atoms with Crippen LogP contribution < -0.4 is 5.32 Å². The van der Waals surface area contributed by atoms with Gasteiger partial charge < -0.3 is 9.88 Å². The number of carbonyl (C=O) groups excluding carboxylic acids is 1. The second-order valence-corrected chi connectivity index (χ2v) is 5.20. The smallest absolute Gasteiger partial charge is 0.268 e. The van der Waals surface area contributed by atoms with Crippen molar-refractivity contribution in [3.63, 3.8) is 0 Å². The topological polar surface area (TPSA) is 34.0 Å². The van der Waals surface area contributed by atoms with Crippen LogP contribution >= 0.6 is 0 Å². The van der Waals surface area contributed by atoms with Crippen molar-refractivity contribution in [1.82, 2.24) is 9.88 Å². The standard InChI is InChI=1S/C14H24N2O/c1-11(2)7-5-8-12(3)15-14(17)13-9-6-10-16(13)4/h6,9-12H,5,7-8H2,1-4H3,(H,15,17). The average Bonchev–Trinajstić information content (AvgIpc) is 2.63. The molecule has 1 N–H and O–H groups in total. The molecule has 1 atom stereocenters. The normalized spacial score (nSPS) is 12.8. The van der Waals surface area contributed by atoms with E-state index in [1.807, 2.05) is 29.9 Å². The molecule has 96 valence electrons. The van der Waals surface area contributed by atoms with Gasteiger partial charge in [0.15, 0.2) is 0 Å². The molecular formula is C14H24N2O. The van der Waals surface area contributed by atoms with Crippen molar-refractivity contribution in [2.75, 3.05) is 0 Å². The highest BCUT2D eigenvalue weighted by atomic mass is 16.2. The number of carbonyl (C=O) groups is 1. The summed E-state index contributed by atoms with van der Waals surface area (Å²) in [5, 5.41) is 3.04. The summed E-state index contributed by atoms with van der Waals surface area (Å²) in [4.78, 5) is 11.9. The van der Waals surface area contributed by atoms with Gasteiger partial charge in [-0.15, -0.1) is 0 Å². The highest BCUT2D eigenvalue weighted by Gasteiger charge is 2.11. The first kappa shape index (κ1) is 13.8. The molecule has 1 heterocycles. The van der Waals surface area contributed by atoms with Gasteiger partial charge in [-0.2, -0.15) is 0 Å². The van der Waals surface area contributed by atoms with Crippen molar-refractivity contribution in [2.45, 2.75) is 46.1 Å². The van der Waals surface area contributed by atoms with Gasteiger partial charge >= 0.3 is 0 Å². The van der Waals surface area contributed by atoms with Crippen LogP contribution in [0.1, 0.15) is 50.5 Å². The molecule has 1 unspecified atom stereocenters. The second kappa shape index (κ2) is 6.48. The summed E-state index contributed by atoms with van der Waals surface area (Å²) in [6.07, 6.45) is 5.34.